The minimum atomic E-state index is -0.869. The predicted molar refractivity (Wildman–Crippen MR) is 86.9 cm³/mol. The van der Waals surface area contributed by atoms with Crippen LogP contribution in [0, 0.1) is 0 Å². The predicted octanol–water partition coefficient (Wildman–Crippen LogP) is 3.03. The van der Waals surface area contributed by atoms with Crippen LogP contribution < -0.4 is 0 Å². The third-order valence-corrected chi connectivity index (χ3v) is 3.94. The molecule has 1 heterocycles. The van der Waals surface area contributed by atoms with Crippen molar-refractivity contribution in [3.8, 4) is 0 Å². The zero-order valence-corrected chi connectivity index (χ0v) is 13.4. The van der Waals surface area contributed by atoms with Gasteiger partial charge >= 0.3 is 11.9 Å². The fraction of sp³-hybridized carbons (Fsp3) is 0.222. The lowest BCUT2D eigenvalue weighted by Crippen LogP contribution is -2.36. The number of esters is 2. The second-order valence-corrected chi connectivity index (χ2v) is 5.66. The summed E-state index contributed by atoms with van der Waals surface area (Å²) in [5.74, 6) is -1.06. The van der Waals surface area contributed by atoms with Crippen molar-refractivity contribution in [3.63, 3.8) is 0 Å². The van der Waals surface area contributed by atoms with Crippen LogP contribution in [0.5, 0.6) is 0 Å². The highest BCUT2D eigenvalue weighted by Crippen LogP contribution is 2.25. The van der Waals surface area contributed by atoms with Crippen molar-refractivity contribution in [2.75, 3.05) is 6.61 Å². The van der Waals surface area contributed by atoms with E-state index in [0.717, 1.165) is 0 Å². The fourth-order valence-corrected chi connectivity index (χ4v) is 2.61. The molecule has 0 radical (unpaired) electrons. The fourth-order valence-electron chi connectivity index (χ4n) is 2.32. The van der Waals surface area contributed by atoms with Crippen molar-refractivity contribution < 1.29 is 23.8 Å². The van der Waals surface area contributed by atoms with Gasteiger partial charge < -0.3 is 14.2 Å². The van der Waals surface area contributed by atoms with Gasteiger partial charge in [0.25, 0.3) is 0 Å². The summed E-state index contributed by atoms with van der Waals surface area (Å²) >= 11 is 6.04. The molecule has 3 atom stereocenters. The van der Waals surface area contributed by atoms with Gasteiger partial charge in [-0.05, 0) is 24.3 Å². The lowest BCUT2D eigenvalue weighted by atomic mass is 10.2. The molecule has 1 aliphatic heterocycles. The molecule has 1 aliphatic rings. The molecule has 1 unspecified atom stereocenters. The number of carbonyl (C=O) groups excluding carboxylic acids is 2. The zero-order chi connectivity index (χ0) is 16.9. The van der Waals surface area contributed by atoms with Gasteiger partial charge in [-0.1, -0.05) is 48.0 Å². The van der Waals surface area contributed by atoms with Crippen LogP contribution in [0.4, 0.5) is 0 Å². The van der Waals surface area contributed by atoms with Crippen LogP contribution in [-0.2, 0) is 14.2 Å². The molecular formula is C18H15ClO5. The molecule has 0 aliphatic carbocycles. The first-order chi connectivity index (χ1) is 11.6. The SMILES string of the molecule is O=C(O[C@@H]1COC(Cl)[C@@H]1OC(=O)c1ccccc1)c1ccccc1. The second-order valence-electron chi connectivity index (χ2n) is 5.23. The largest absolute Gasteiger partial charge is 0.452 e. The smallest absolute Gasteiger partial charge is 0.338 e. The van der Waals surface area contributed by atoms with E-state index in [-0.39, 0.29) is 6.61 Å². The zero-order valence-electron chi connectivity index (χ0n) is 12.6. The summed E-state index contributed by atoms with van der Waals surface area (Å²) in [6.45, 7) is 0.0689. The number of alkyl halides is 1. The van der Waals surface area contributed by atoms with Gasteiger partial charge in [-0.15, -0.1) is 0 Å². The lowest BCUT2D eigenvalue weighted by molar-refractivity contribution is -0.0203. The first-order valence-corrected chi connectivity index (χ1v) is 7.86. The molecule has 3 rings (SSSR count). The monoisotopic (exact) mass is 346 g/mol. The minimum Gasteiger partial charge on any atom is -0.452 e. The number of rotatable bonds is 4. The molecule has 0 amide bonds. The molecule has 2 aromatic rings. The topological polar surface area (TPSA) is 61.8 Å². The van der Waals surface area contributed by atoms with Crippen LogP contribution in [0.15, 0.2) is 60.7 Å². The quantitative estimate of drug-likeness (QED) is 0.629. The van der Waals surface area contributed by atoms with E-state index in [0.29, 0.717) is 11.1 Å². The van der Waals surface area contributed by atoms with E-state index < -0.39 is 29.7 Å². The van der Waals surface area contributed by atoms with Gasteiger partial charge in [-0.2, -0.15) is 0 Å². The van der Waals surface area contributed by atoms with Gasteiger partial charge in [-0.25, -0.2) is 9.59 Å². The second kappa shape index (κ2) is 7.47. The average Bonchev–Trinajstić information content (AvgIpc) is 2.96. The van der Waals surface area contributed by atoms with E-state index in [9.17, 15) is 9.59 Å². The first-order valence-electron chi connectivity index (χ1n) is 7.43. The van der Waals surface area contributed by atoms with Gasteiger partial charge in [0, 0.05) is 0 Å². The summed E-state index contributed by atoms with van der Waals surface area (Å²) in [7, 11) is 0. The van der Waals surface area contributed by atoms with E-state index in [1.807, 2.05) is 0 Å². The molecule has 124 valence electrons. The van der Waals surface area contributed by atoms with E-state index in [1.165, 1.54) is 0 Å². The molecule has 1 fully saturated rings. The minimum absolute atomic E-state index is 0.0689. The summed E-state index contributed by atoms with van der Waals surface area (Å²) in [5, 5.41) is 0. The maximum Gasteiger partial charge on any atom is 0.338 e. The molecule has 0 aromatic heterocycles. The average molecular weight is 347 g/mol. The van der Waals surface area contributed by atoms with Gasteiger partial charge in [0.05, 0.1) is 17.7 Å². The Morgan fingerprint density at radius 2 is 1.38 bits per heavy atom. The summed E-state index contributed by atoms with van der Waals surface area (Å²) < 4.78 is 16.0. The summed E-state index contributed by atoms with van der Waals surface area (Å²) in [4.78, 5) is 24.3. The van der Waals surface area contributed by atoms with Crippen molar-refractivity contribution in [1.29, 1.82) is 0 Å². The molecular weight excluding hydrogens is 332 g/mol. The van der Waals surface area contributed by atoms with Gasteiger partial charge in [0.2, 0.25) is 0 Å². The standard InChI is InChI=1S/C18H15ClO5/c19-16-15(24-18(21)13-9-5-2-6-10-13)14(11-22-16)23-17(20)12-7-3-1-4-8-12/h1-10,14-16H,11H2/t14-,15-,16?/m1/s1. The van der Waals surface area contributed by atoms with Crippen molar-refractivity contribution >= 4 is 23.5 Å². The molecule has 0 saturated carbocycles. The Morgan fingerprint density at radius 1 is 0.875 bits per heavy atom. The molecule has 1 saturated heterocycles. The molecule has 0 spiro atoms. The molecule has 0 bridgehead atoms. The number of benzene rings is 2. The Kier molecular flexibility index (Phi) is 5.13. The number of ether oxygens (including phenoxy) is 3. The van der Waals surface area contributed by atoms with Crippen LogP contribution >= 0.6 is 11.6 Å². The van der Waals surface area contributed by atoms with E-state index in [1.54, 1.807) is 60.7 Å². The van der Waals surface area contributed by atoms with Crippen LogP contribution in [0.25, 0.3) is 0 Å². The Labute approximate surface area is 144 Å². The maximum absolute atomic E-state index is 12.2. The summed E-state index contributed by atoms with van der Waals surface area (Å²) in [6.07, 6.45) is -1.63. The molecule has 6 heteroatoms. The third kappa shape index (κ3) is 3.75. The lowest BCUT2D eigenvalue weighted by Gasteiger charge is -2.20. The highest BCUT2D eigenvalue weighted by atomic mass is 35.5. The van der Waals surface area contributed by atoms with Crippen LogP contribution in [0.1, 0.15) is 20.7 Å². The van der Waals surface area contributed by atoms with Crippen LogP contribution in [-0.4, -0.2) is 36.3 Å². The highest BCUT2D eigenvalue weighted by molar-refractivity contribution is 6.20. The first kappa shape index (κ1) is 16.5. The number of halogens is 1. The van der Waals surface area contributed by atoms with Crippen LogP contribution in [0.2, 0.25) is 0 Å². The number of hydrogen-bond donors (Lipinski definition) is 0. The maximum atomic E-state index is 12.2. The van der Waals surface area contributed by atoms with Crippen molar-refractivity contribution in [3.05, 3.63) is 71.8 Å². The normalized spacial score (nSPS) is 22.8. The molecule has 2 aromatic carbocycles. The summed E-state index contributed by atoms with van der Waals surface area (Å²) in [5.41, 5.74) is -0.0729. The highest BCUT2D eigenvalue weighted by Gasteiger charge is 2.42. The Balaban J connectivity index is 1.67. The molecule has 5 nitrogen and oxygen atoms in total. The van der Waals surface area contributed by atoms with E-state index in [4.69, 9.17) is 25.8 Å². The van der Waals surface area contributed by atoms with Crippen molar-refractivity contribution in [1.82, 2.24) is 0 Å². The van der Waals surface area contributed by atoms with Crippen molar-refractivity contribution in [2.45, 2.75) is 17.8 Å². The van der Waals surface area contributed by atoms with Gasteiger partial charge in [-0.3, -0.25) is 0 Å². The van der Waals surface area contributed by atoms with E-state index >= 15 is 0 Å². The Bertz CT molecular complexity index is 704. The number of carbonyl (C=O) groups is 2. The van der Waals surface area contributed by atoms with Gasteiger partial charge in [0.15, 0.2) is 17.8 Å². The number of hydrogen-bond acceptors (Lipinski definition) is 5. The van der Waals surface area contributed by atoms with Crippen LogP contribution in [0.3, 0.4) is 0 Å². The van der Waals surface area contributed by atoms with Gasteiger partial charge in [0.1, 0.15) is 0 Å². The molecule has 24 heavy (non-hydrogen) atoms. The molecule has 0 N–H and O–H groups in total. The Hall–Kier alpha value is -2.37. The van der Waals surface area contributed by atoms with Crippen molar-refractivity contribution in [2.24, 2.45) is 0 Å². The third-order valence-electron chi connectivity index (χ3n) is 3.56. The summed E-state index contributed by atoms with van der Waals surface area (Å²) in [6, 6.07) is 17.1. The van der Waals surface area contributed by atoms with E-state index in [2.05, 4.69) is 0 Å². The Morgan fingerprint density at radius 3 is 1.92 bits per heavy atom.